The van der Waals surface area contributed by atoms with Crippen LogP contribution in [0.1, 0.15) is 27.4 Å². The minimum absolute atomic E-state index is 0.0154. The first-order valence-electron chi connectivity index (χ1n) is 9.83. The van der Waals surface area contributed by atoms with Crippen molar-refractivity contribution in [3.8, 4) is 11.8 Å². The van der Waals surface area contributed by atoms with Crippen LogP contribution in [0.3, 0.4) is 0 Å². The van der Waals surface area contributed by atoms with E-state index < -0.39 is 0 Å². The molecule has 7 nitrogen and oxygen atoms in total. The second-order valence-electron chi connectivity index (χ2n) is 7.43. The Morgan fingerprint density at radius 1 is 1.30 bits per heavy atom. The molecule has 0 aliphatic carbocycles. The summed E-state index contributed by atoms with van der Waals surface area (Å²) in [6.07, 6.45) is 3.12. The van der Waals surface area contributed by atoms with Crippen LogP contribution in [0.5, 0.6) is 0 Å². The summed E-state index contributed by atoms with van der Waals surface area (Å²) in [7, 11) is 1.60. The van der Waals surface area contributed by atoms with E-state index in [2.05, 4.69) is 16.8 Å². The van der Waals surface area contributed by atoms with Gasteiger partial charge in [-0.25, -0.2) is 0 Å². The quantitative estimate of drug-likeness (QED) is 0.764. The molecule has 4 rings (SSSR count). The zero-order valence-corrected chi connectivity index (χ0v) is 16.7. The van der Waals surface area contributed by atoms with E-state index in [1.165, 1.54) is 6.20 Å². The molecule has 2 saturated heterocycles. The van der Waals surface area contributed by atoms with Crippen molar-refractivity contribution in [2.24, 2.45) is 0 Å². The first-order chi connectivity index (χ1) is 14.6. The Morgan fingerprint density at radius 2 is 2.10 bits per heavy atom. The molecule has 2 fully saturated rings. The van der Waals surface area contributed by atoms with E-state index in [-0.39, 0.29) is 43.0 Å². The number of pyridine rings is 1. The predicted octanol–water partition coefficient (Wildman–Crippen LogP) is 0.891. The van der Waals surface area contributed by atoms with Crippen LogP contribution in [0.25, 0.3) is 0 Å². The van der Waals surface area contributed by atoms with Crippen LogP contribution in [0.15, 0.2) is 48.8 Å². The third-order valence-electron chi connectivity index (χ3n) is 5.69. The van der Waals surface area contributed by atoms with Crippen LogP contribution in [0.2, 0.25) is 0 Å². The number of amides is 2. The first kappa shape index (κ1) is 20.1. The summed E-state index contributed by atoms with van der Waals surface area (Å²) < 4.78 is 4.94. The zero-order valence-electron chi connectivity index (χ0n) is 16.7. The predicted molar refractivity (Wildman–Crippen MR) is 110 cm³/mol. The van der Waals surface area contributed by atoms with Gasteiger partial charge in [-0.05, 0) is 29.8 Å². The molecule has 154 valence electrons. The monoisotopic (exact) mass is 405 g/mol. The van der Waals surface area contributed by atoms with Crippen molar-refractivity contribution in [1.29, 1.82) is 0 Å². The number of aromatic nitrogens is 1. The number of carbonyl (C=O) groups excluding carboxylic acids is 2. The van der Waals surface area contributed by atoms with Crippen molar-refractivity contribution in [2.75, 3.05) is 33.4 Å². The van der Waals surface area contributed by atoms with Crippen LogP contribution in [-0.2, 0) is 9.53 Å². The molecule has 0 saturated carbocycles. The maximum absolute atomic E-state index is 12.8. The molecule has 30 heavy (non-hydrogen) atoms. The van der Waals surface area contributed by atoms with Gasteiger partial charge in [0.15, 0.2) is 0 Å². The smallest absolute Gasteiger partial charge is 0.255 e. The van der Waals surface area contributed by atoms with Gasteiger partial charge in [-0.2, -0.15) is 0 Å². The highest BCUT2D eigenvalue weighted by Crippen LogP contribution is 2.43. The van der Waals surface area contributed by atoms with E-state index >= 15 is 0 Å². The molecule has 3 heterocycles. The van der Waals surface area contributed by atoms with Crippen LogP contribution in [0, 0.1) is 11.8 Å². The minimum atomic E-state index is -0.274. The van der Waals surface area contributed by atoms with Crippen LogP contribution in [0.4, 0.5) is 0 Å². The molecule has 0 unspecified atom stereocenters. The standard InChI is InChI=1S/C23H23N3O4/c1-30-11-3-4-16-6-8-17(9-7-16)22-19-13-25(14-21(28)26(19)20(22)15-27)23(29)18-5-2-10-24-12-18/h2,5-10,12,19-20,22,27H,11,13-15H2,1H3/t19-,20-,22+/m0/s1. The molecule has 1 aromatic carbocycles. The van der Waals surface area contributed by atoms with E-state index in [1.807, 2.05) is 24.3 Å². The lowest BCUT2D eigenvalue weighted by molar-refractivity contribution is -0.159. The number of fused-ring (bicyclic) bond motifs is 1. The third-order valence-corrected chi connectivity index (χ3v) is 5.69. The van der Waals surface area contributed by atoms with Gasteiger partial charge in [0.25, 0.3) is 5.91 Å². The van der Waals surface area contributed by atoms with Gasteiger partial charge < -0.3 is 19.6 Å². The fourth-order valence-electron chi connectivity index (χ4n) is 4.33. The summed E-state index contributed by atoms with van der Waals surface area (Å²) in [4.78, 5) is 32.8. The number of nitrogens with zero attached hydrogens (tertiary/aromatic N) is 3. The molecule has 0 bridgehead atoms. The summed E-state index contributed by atoms with van der Waals surface area (Å²) in [5.41, 5.74) is 2.36. The fourth-order valence-corrected chi connectivity index (χ4v) is 4.33. The second-order valence-corrected chi connectivity index (χ2v) is 7.43. The molecule has 2 aliphatic rings. The SMILES string of the molecule is COCC#Cc1ccc([C@H]2[C@H](CO)N3C(=O)CN(C(=O)c4cccnc4)C[C@@H]23)cc1. The molecule has 7 heteroatoms. The number of hydrogen-bond donors (Lipinski definition) is 1. The zero-order chi connectivity index (χ0) is 21.1. The molecule has 2 aromatic rings. The Labute approximate surface area is 175 Å². The Kier molecular flexibility index (Phi) is 5.79. The van der Waals surface area contributed by atoms with Gasteiger partial charge >= 0.3 is 0 Å². The number of ether oxygens (including phenoxy) is 1. The number of aliphatic hydroxyl groups excluding tert-OH is 1. The Hall–Kier alpha value is -3.21. The van der Waals surface area contributed by atoms with Gasteiger partial charge in [-0.15, -0.1) is 0 Å². The minimum Gasteiger partial charge on any atom is -0.394 e. The molecule has 0 radical (unpaired) electrons. The van der Waals surface area contributed by atoms with Crippen molar-refractivity contribution in [3.63, 3.8) is 0 Å². The highest BCUT2D eigenvalue weighted by atomic mass is 16.5. The Balaban J connectivity index is 1.54. The average Bonchev–Trinajstić information content (AvgIpc) is 2.76. The van der Waals surface area contributed by atoms with Gasteiger partial charge in [0.2, 0.25) is 5.91 Å². The molecule has 2 amide bonds. The molecule has 3 atom stereocenters. The van der Waals surface area contributed by atoms with E-state index in [0.717, 1.165) is 11.1 Å². The summed E-state index contributed by atoms with van der Waals surface area (Å²) in [6, 6.07) is 10.8. The molecule has 2 aliphatic heterocycles. The number of rotatable bonds is 4. The number of carbonyl (C=O) groups is 2. The largest absolute Gasteiger partial charge is 0.394 e. The Bertz CT molecular complexity index is 981. The van der Waals surface area contributed by atoms with Crippen molar-refractivity contribution in [2.45, 2.75) is 18.0 Å². The van der Waals surface area contributed by atoms with E-state index in [4.69, 9.17) is 4.74 Å². The fraction of sp³-hybridized carbons (Fsp3) is 0.348. The summed E-state index contributed by atoms with van der Waals surface area (Å²) >= 11 is 0. The summed E-state index contributed by atoms with van der Waals surface area (Å²) in [5, 5.41) is 9.91. The first-order valence-corrected chi connectivity index (χ1v) is 9.83. The molecule has 1 aromatic heterocycles. The van der Waals surface area contributed by atoms with Crippen molar-refractivity contribution < 1.29 is 19.4 Å². The molecule has 0 spiro atoms. The lowest BCUT2D eigenvalue weighted by Gasteiger charge is -2.58. The lowest BCUT2D eigenvalue weighted by atomic mass is 9.73. The highest BCUT2D eigenvalue weighted by molar-refractivity contribution is 5.97. The molecular formula is C23H23N3O4. The van der Waals surface area contributed by atoms with Gasteiger partial charge in [0.05, 0.1) is 24.3 Å². The van der Waals surface area contributed by atoms with Gasteiger partial charge in [0.1, 0.15) is 13.2 Å². The summed E-state index contributed by atoms with van der Waals surface area (Å²) in [6.45, 7) is 0.702. The van der Waals surface area contributed by atoms with Crippen molar-refractivity contribution >= 4 is 11.8 Å². The topological polar surface area (TPSA) is 83.0 Å². The van der Waals surface area contributed by atoms with E-state index in [9.17, 15) is 14.7 Å². The van der Waals surface area contributed by atoms with Crippen molar-refractivity contribution in [3.05, 3.63) is 65.5 Å². The number of aliphatic hydroxyl groups is 1. The van der Waals surface area contributed by atoms with E-state index in [0.29, 0.717) is 18.7 Å². The third kappa shape index (κ3) is 3.67. The normalized spacial score (nSPS) is 22.6. The van der Waals surface area contributed by atoms with E-state index in [1.54, 1.807) is 35.2 Å². The number of piperazine rings is 1. The number of methoxy groups -OCH3 is 1. The van der Waals surface area contributed by atoms with Crippen LogP contribution < -0.4 is 0 Å². The summed E-state index contributed by atoms with van der Waals surface area (Å²) in [5.74, 6) is 5.57. The maximum Gasteiger partial charge on any atom is 0.255 e. The molecule has 1 N–H and O–H groups in total. The van der Waals surface area contributed by atoms with Crippen LogP contribution >= 0.6 is 0 Å². The number of hydrogen-bond acceptors (Lipinski definition) is 5. The van der Waals surface area contributed by atoms with Gasteiger partial charge in [-0.3, -0.25) is 14.6 Å². The number of benzene rings is 1. The lowest BCUT2D eigenvalue weighted by Crippen LogP contribution is -2.73. The van der Waals surface area contributed by atoms with Gasteiger partial charge in [0, 0.05) is 37.5 Å². The van der Waals surface area contributed by atoms with Crippen LogP contribution in [-0.4, -0.2) is 77.2 Å². The average molecular weight is 405 g/mol. The highest BCUT2D eigenvalue weighted by Gasteiger charge is 2.54. The van der Waals surface area contributed by atoms with Gasteiger partial charge in [-0.1, -0.05) is 24.0 Å². The van der Waals surface area contributed by atoms with Crippen molar-refractivity contribution in [1.82, 2.24) is 14.8 Å². The second kappa shape index (κ2) is 8.66. The molecular weight excluding hydrogens is 382 g/mol. The Morgan fingerprint density at radius 3 is 2.77 bits per heavy atom. The maximum atomic E-state index is 12.8.